The van der Waals surface area contributed by atoms with E-state index in [0.29, 0.717) is 0 Å². The van der Waals surface area contributed by atoms with Gasteiger partial charge in [0.15, 0.2) is 11.5 Å². The number of rotatable bonds is 5. The highest BCUT2D eigenvalue weighted by molar-refractivity contribution is 5.81. The zero-order valence-corrected chi connectivity index (χ0v) is 14.2. The van der Waals surface area contributed by atoms with Crippen LogP contribution in [0.25, 0.3) is 23.1 Å². The quantitative estimate of drug-likeness (QED) is 0.647. The lowest BCUT2D eigenvalue weighted by Gasteiger charge is -2.15. The summed E-state index contributed by atoms with van der Waals surface area (Å²) in [5, 5.41) is 1.14. The Morgan fingerprint density at radius 2 is 1.75 bits per heavy atom. The number of hydrogen-bond acceptors (Lipinski definition) is 3. The Balaban J connectivity index is 1.95. The van der Waals surface area contributed by atoms with E-state index in [1.807, 2.05) is 68.5 Å². The van der Waals surface area contributed by atoms with Crippen molar-refractivity contribution in [3.8, 4) is 11.5 Å². The molecular weight excluding hydrogens is 298 g/mol. The van der Waals surface area contributed by atoms with E-state index in [4.69, 9.17) is 9.47 Å². The Kier molecular flexibility index (Phi) is 4.80. The van der Waals surface area contributed by atoms with Crippen molar-refractivity contribution < 1.29 is 9.47 Å². The Morgan fingerprint density at radius 1 is 0.917 bits per heavy atom. The first-order valence-corrected chi connectivity index (χ1v) is 8.05. The average Bonchev–Trinajstić information content (AvgIpc) is 2.60. The first-order chi connectivity index (χ1) is 11.7. The first-order valence-electron chi connectivity index (χ1n) is 8.05. The molecule has 2 aromatic carbocycles. The fraction of sp³-hybridized carbons (Fsp3) is 0.190. The number of pyridine rings is 1. The molecule has 0 saturated carbocycles. The molecule has 24 heavy (non-hydrogen) atoms. The molecule has 3 nitrogen and oxygen atoms in total. The van der Waals surface area contributed by atoms with Gasteiger partial charge in [-0.25, -0.2) is 4.98 Å². The van der Waals surface area contributed by atoms with Crippen molar-refractivity contribution in [2.75, 3.05) is 7.11 Å². The Hall–Kier alpha value is -2.81. The van der Waals surface area contributed by atoms with E-state index in [-0.39, 0.29) is 6.10 Å². The maximum absolute atomic E-state index is 5.93. The molecule has 122 valence electrons. The molecule has 0 atom stereocenters. The van der Waals surface area contributed by atoms with Crippen LogP contribution < -0.4 is 9.47 Å². The van der Waals surface area contributed by atoms with Crippen molar-refractivity contribution in [3.05, 3.63) is 65.9 Å². The summed E-state index contributed by atoms with van der Waals surface area (Å²) in [4.78, 5) is 4.66. The molecule has 0 amide bonds. The molecule has 0 aliphatic heterocycles. The molecule has 0 fully saturated rings. The Bertz CT molecular complexity index is 869. The van der Waals surface area contributed by atoms with Gasteiger partial charge < -0.3 is 9.47 Å². The lowest BCUT2D eigenvalue weighted by atomic mass is 10.1. The second kappa shape index (κ2) is 7.18. The molecule has 3 rings (SSSR count). The lowest BCUT2D eigenvalue weighted by Crippen LogP contribution is -2.07. The number of para-hydroxylation sites is 2. The van der Waals surface area contributed by atoms with Crippen LogP contribution in [0.15, 0.2) is 54.6 Å². The van der Waals surface area contributed by atoms with Crippen molar-refractivity contribution >= 4 is 23.1 Å². The van der Waals surface area contributed by atoms with E-state index in [2.05, 4.69) is 17.1 Å². The second-order valence-electron chi connectivity index (χ2n) is 5.81. The average molecular weight is 319 g/mol. The predicted molar refractivity (Wildman–Crippen MR) is 99.4 cm³/mol. The van der Waals surface area contributed by atoms with Crippen LogP contribution in [-0.4, -0.2) is 18.2 Å². The van der Waals surface area contributed by atoms with E-state index < -0.39 is 0 Å². The number of fused-ring (bicyclic) bond motifs is 1. The summed E-state index contributed by atoms with van der Waals surface area (Å²) in [7, 11) is 1.65. The lowest BCUT2D eigenvalue weighted by molar-refractivity contribution is 0.229. The highest BCUT2D eigenvalue weighted by Crippen LogP contribution is 2.33. The summed E-state index contributed by atoms with van der Waals surface area (Å²) < 4.78 is 11.4. The third-order valence-corrected chi connectivity index (χ3v) is 3.64. The number of hydrogen-bond donors (Lipinski definition) is 0. The molecule has 1 aromatic heterocycles. The van der Waals surface area contributed by atoms with E-state index in [1.165, 1.54) is 0 Å². The first kappa shape index (κ1) is 16.1. The minimum absolute atomic E-state index is 0.0762. The minimum atomic E-state index is 0.0762. The summed E-state index contributed by atoms with van der Waals surface area (Å²) in [6.07, 6.45) is 4.08. The van der Waals surface area contributed by atoms with Crippen molar-refractivity contribution in [1.82, 2.24) is 4.98 Å². The summed E-state index contributed by atoms with van der Waals surface area (Å²) in [5.74, 6) is 1.49. The molecule has 0 aliphatic carbocycles. The van der Waals surface area contributed by atoms with Gasteiger partial charge >= 0.3 is 0 Å². The summed E-state index contributed by atoms with van der Waals surface area (Å²) in [6, 6.07) is 18.1. The molecule has 3 aromatic rings. The van der Waals surface area contributed by atoms with Gasteiger partial charge in [0.25, 0.3) is 0 Å². The molecule has 0 bridgehead atoms. The highest BCUT2D eigenvalue weighted by Gasteiger charge is 2.10. The predicted octanol–water partition coefficient (Wildman–Crippen LogP) is 5.20. The van der Waals surface area contributed by atoms with Crippen LogP contribution >= 0.6 is 0 Å². The van der Waals surface area contributed by atoms with Gasteiger partial charge in [-0.3, -0.25) is 0 Å². The van der Waals surface area contributed by atoms with Gasteiger partial charge in [0.1, 0.15) is 0 Å². The topological polar surface area (TPSA) is 31.4 Å². The van der Waals surface area contributed by atoms with Gasteiger partial charge in [-0.15, -0.1) is 0 Å². The Morgan fingerprint density at radius 3 is 2.54 bits per heavy atom. The van der Waals surface area contributed by atoms with Gasteiger partial charge in [-0.1, -0.05) is 36.4 Å². The fourth-order valence-corrected chi connectivity index (χ4v) is 2.54. The third-order valence-electron chi connectivity index (χ3n) is 3.64. The van der Waals surface area contributed by atoms with Crippen LogP contribution in [0.1, 0.15) is 25.1 Å². The van der Waals surface area contributed by atoms with Crippen molar-refractivity contribution in [2.45, 2.75) is 20.0 Å². The van der Waals surface area contributed by atoms with E-state index in [9.17, 15) is 0 Å². The molecule has 0 radical (unpaired) electrons. The molecule has 0 N–H and O–H groups in total. The number of ether oxygens (including phenoxy) is 2. The largest absolute Gasteiger partial charge is 0.493 e. The normalized spacial score (nSPS) is 11.3. The number of methoxy groups -OCH3 is 1. The van der Waals surface area contributed by atoms with Crippen LogP contribution in [0.3, 0.4) is 0 Å². The standard InChI is InChI=1S/C21H21NO2/c1-15(2)24-21-17(8-6-10-20(21)23-3)12-14-18-13-11-16-7-4-5-9-19(16)22-18/h4-15H,1-3H3. The second-order valence-corrected chi connectivity index (χ2v) is 5.81. The molecule has 0 saturated heterocycles. The summed E-state index contributed by atoms with van der Waals surface area (Å²) in [5.41, 5.74) is 2.87. The smallest absolute Gasteiger partial charge is 0.168 e. The Labute approximate surface area is 142 Å². The maximum atomic E-state index is 5.93. The van der Waals surface area contributed by atoms with Crippen LogP contribution in [-0.2, 0) is 0 Å². The van der Waals surface area contributed by atoms with Gasteiger partial charge in [0.05, 0.1) is 24.4 Å². The molecule has 3 heteroatoms. The molecule has 0 unspecified atom stereocenters. The molecular formula is C21H21NO2. The van der Waals surface area contributed by atoms with Gasteiger partial charge in [0.2, 0.25) is 0 Å². The van der Waals surface area contributed by atoms with Crippen LogP contribution in [0.4, 0.5) is 0 Å². The zero-order valence-electron chi connectivity index (χ0n) is 14.2. The summed E-state index contributed by atoms with van der Waals surface area (Å²) in [6.45, 7) is 4.01. The number of aromatic nitrogens is 1. The number of nitrogens with zero attached hydrogens (tertiary/aromatic N) is 1. The fourth-order valence-electron chi connectivity index (χ4n) is 2.54. The number of benzene rings is 2. The van der Waals surface area contributed by atoms with Crippen LogP contribution in [0.5, 0.6) is 11.5 Å². The SMILES string of the molecule is COc1cccc(C=Cc2ccc3ccccc3n2)c1OC(C)C. The van der Waals surface area contributed by atoms with Gasteiger partial charge in [-0.05, 0) is 44.2 Å². The molecule has 0 spiro atoms. The summed E-state index contributed by atoms with van der Waals surface area (Å²) >= 11 is 0. The third kappa shape index (κ3) is 3.57. The van der Waals surface area contributed by atoms with Crippen molar-refractivity contribution in [3.63, 3.8) is 0 Å². The highest BCUT2D eigenvalue weighted by atomic mass is 16.5. The molecule has 0 aliphatic rings. The van der Waals surface area contributed by atoms with E-state index in [1.54, 1.807) is 7.11 Å². The molecule has 1 heterocycles. The van der Waals surface area contributed by atoms with Crippen LogP contribution in [0, 0.1) is 0 Å². The van der Waals surface area contributed by atoms with Gasteiger partial charge in [-0.2, -0.15) is 0 Å². The van der Waals surface area contributed by atoms with E-state index >= 15 is 0 Å². The van der Waals surface area contributed by atoms with Crippen LogP contribution in [0.2, 0.25) is 0 Å². The zero-order chi connectivity index (χ0) is 16.9. The van der Waals surface area contributed by atoms with Crippen molar-refractivity contribution in [1.29, 1.82) is 0 Å². The van der Waals surface area contributed by atoms with Gasteiger partial charge in [0, 0.05) is 10.9 Å². The van der Waals surface area contributed by atoms with Crippen molar-refractivity contribution in [2.24, 2.45) is 0 Å². The monoisotopic (exact) mass is 319 g/mol. The van der Waals surface area contributed by atoms with E-state index in [0.717, 1.165) is 33.7 Å². The maximum Gasteiger partial charge on any atom is 0.168 e. The minimum Gasteiger partial charge on any atom is -0.493 e.